The number of hydrogen-bond donors (Lipinski definition) is 1. The van der Waals surface area contributed by atoms with Crippen LogP contribution in [0.15, 0.2) is 12.2 Å². The number of carbonyl (C=O) groups is 4. The van der Waals surface area contributed by atoms with Crippen molar-refractivity contribution in [3.63, 3.8) is 0 Å². The molecule has 37 heavy (non-hydrogen) atoms. The zero-order valence-electron chi connectivity index (χ0n) is 23.5. The zero-order valence-corrected chi connectivity index (χ0v) is 23.5. The summed E-state index contributed by atoms with van der Waals surface area (Å²) in [5.74, 6) is -3.58. The van der Waals surface area contributed by atoms with Crippen LogP contribution in [0.25, 0.3) is 0 Å². The fourth-order valence-electron chi connectivity index (χ4n) is 5.07. The molecule has 8 heteroatoms. The van der Waals surface area contributed by atoms with E-state index in [1.165, 1.54) is 0 Å². The maximum atomic E-state index is 13.7. The van der Waals surface area contributed by atoms with E-state index in [2.05, 4.69) is 6.92 Å². The summed E-state index contributed by atoms with van der Waals surface area (Å²) in [4.78, 5) is 51.3. The molecule has 0 bridgehead atoms. The number of allylic oxidation sites excluding steroid dienone is 1. The number of aliphatic hydroxyl groups is 1. The third-order valence-corrected chi connectivity index (χ3v) is 7.07. The minimum Gasteiger partial charge on any atom is -0.466 e. The number of hydrogen-bond acceptors (Lipinski definition) is 8. The Hall–Kier alpha value is -2.22. The van der Waals surface area contributed by atoms with Crippen molar-refractivity contribution in [3.05, 3.63) is 12.2 Å². The highest BCUT2D eigenvalue weighted by molar-refractivity contribution is 6.14. The van der Waals surface area contributed by atoms with Gasteiger partial charge in [0, 0.05) is 12.3 Å². The van der Waals surface area contributed by atoms with Crippen LogP contribution in [-0.4, -0.2) is 54.2 Å². The van der Waals surface area contributed by atoms with Crippen LogP contribution in [0, 0.1) is 17.3 Å². The number of rotatable bonds is 18. The van der Waals surface area contributed by atoms with E-state index in [1.807, 2.05) is 0 Å². The van der Waals surface area contributed by atoms with Gasteiger partial charge in [0.2, 0.25) is 0 Å². The van der Waals surface area contributed by atoms with E-state index < -0.39 is 40.6 Å². The molecule has 0 aromatic rings. The molecule has 1 rings (SSSR count). The van der Waals surface area contributed by atoms with E-state index in [4.69, 9.17) is 14.2 Å². The van der Waals surface area contributed by atoms with Crippen LogP contribution in [0.5, 0.6) is 0 Å². The molecule has 0 saturated heterocycles. The molecule has 4 atom stereocenters. The molecule has 1 N–H and O–H groups in total. The smallest absolute Gasteiger partial charge is 0.320 e. The molecular weight excluding hydrogens is 476 g/mol. The van der Waals surface area contributed by atoms with E-state index in [0.717, 1.165) is 25.7 Å². The van der Waals surface area contributed by atoms with Gasteiger partial charge in [-0.15, -0.1) is 0 Å². The van der Waals surface area contributed by atoms with Crippen molar-refractivity contribution in [3.8, 4) is 0 Å². The van der Waals surface area contributed by atoms with Gasteiger partial charge in [0.25, 0.3) is 0 Å². The van der Waals surface area contributed by atoms with Gasteiger partial charge in [0.1, 0.15) is 11.3 Å². The third kappa shape index (κ3) is 9.87. The zero-order chi connectivity index (χ0) is 27.9. The first kappa shape index (κ1) is 32.8. The largest absolute Gasteiger partial charge is 0.466 e. The Balaban J connectivity index is 3.15. The number of ketones is 1. The standard InChI is InChI=1S/C29H48O8/c1-6-10-14-18-28(5,34)20-17-22-21-23(26(32)36-8-3)25(31)29(22,27(33)37-9-4)19-15-12-11-13-16-24(30)35-7-2/h17,20,22-23,34H,6-16,18-19,21H2,1-5H3/b20-17+. The molecule has 0 radical (unpaired) electrons. The maximum absolute atomic E-state index is 13.7. The topological polar surface area (TPSA) is 116 Å². The summed E-state index contributed by atoms with van der Waals surface area (Å²) in [6.45, 7) is 9.55. The van der Waals surface area contributed by atoms with E-state index in [1.54, 1.807) is 39.8 Å². The number of carbonyl (C=O) groups excluding carboxylic acids is 4. The minimum absolute atomic E-state index is 0.114. The van der Waals surface area contributed by atoms with Crippen molar-refractivity contribution in [1.82, 2.24) is 0 Å². The summed E-state index contributed by atoms with van der Waals surface area (Å²) in [5.41, 5.74) is -2.60. The van der Waals surface area contributed by atoms with Crippen LogP contribution >= 0.6 is 0 Å². The van der Waals surface area contributed by atoms with Gasteiger partial charge in [-0.3, -0.25) is 19.2 Å². The first-order valence-electron chi connectivity index (χ1n) is 14.0. The molecule has 0 aliphatic heterocycles. The Kier molecular flexibility index (Phi) is 14.7. The predicted octanol–water partition coefficient (Wildman–Crippen LogP) is 5.10. The van der Waals surface area contributed by atoms with Gasteiger partial charge in [0.05, 0.1) is 25.4 Å². The Morgan fingerprint density at radius 1 is 0.946 bits per heavy atom. The molecule has 212 valence electrons. The van der Waals surface area contributed by atoms with Crippen LogP contribution in [-0.2, 0) is 33.4 Å². The number of Topliss-reactive ketones (excluding diaryl/α,β-unsaturated/α-hetero) is 1. The van der Waals surface area contributed by atoms with Crippen molar-refractivity contribution < 1.29 is 38.5 Å². The summed E-state index contributed by atoms with van der Waals surface area (Å²) in [5, 5.41) is 10.9. The molecule has 0 aromatic heterocycles. The van der Waals surface area contributed by atoms with Crippen LogP contribution in [0.4, 0.5) is 0 Å². The van der Waals surface area contributed by atoms with Crippen molar-refractivity contribution in [2.24, 2.45) is 17.3 Å². The van der Waals surface area contributed by atoms with Gasteiger partial charge >= 0.3 is 17.9 Å². The summed E-state index contributed by atoms with van der Waals surface area (Å²) in [7, 11) is 0. The lowest BCUT2D eigenvalue weighted by Crippen LogP contribution is -2.44. The Bertz CT molecular complexity index is 772. The molecule has 0 spiro atoms. The van der Waals surface area contributed by atoms with Crippen molar-refractivity contribution >= 4 is 23.7 Å². The molecular formula is C29H48O8. The highest BCUT2D eigenvalue weighted by Gasteiger charge is 2.61. The van der Waals surface area contributed by atoms with Gasteiger partial charge in [-0.05, 0) is 53.4 Å². The van der Waals surface area contributed by atoms with Gasteiger partial charge in [-0.2, -0.15) is 0 Å². The summed E-state index contributed by atoms with van der Waals surface area (Å²) >= 11 is 0. The molecule has 1 aliphatic rings. The van der Waals surface area contributed by atoms with E-state index in [0.29, 0.717) is 38.7 Å². The highest BCUT2D eigenvalue weighted by atomic mass is 16.5. The van der Waals surface area contributed by atoms with Gasteiger partial charge in [-0.25, -0.2) is 0 Å². The monoisotopic (exact) mass is 524 g/mol. The fraction of sp³-hybridized carbons (Fsp3) is 0.793. The van der Waals surface area contributed by atoms with Crippen LogP contribution in [0.2, 0.25) is 0 Å². The molecule has 0 heterocycles. The SMILES string of the molecule is CCCCCC(C)(O)/C=C/C1CC(C(=O)OCC)C(=O)C1(CCCCCCC(=O)OCC)C(=O)OCC. The van der Waals surface area contributed by atoms with E-state index in [-0.39, 0.29) is 32.0 Å². The minimum atomic E-state index is -1.51. The lowest BCUT2D eigenvalue weighted by atomic mass is 9.72. The normalized spacial score (nSPS) is 23.1. The highest BCUT2D eigenvalue weighted by Crippen LogP contribution is 2.49. The molecule has 1 saturated carbocycles. The average Bonchev–Trinajstić information content (AvgIpc) is 3.13. The predicted molar refractivity (Wildman–Crippen MR) is 141 cm³/mol. The van der Waals surface area contributed by atoms with E-state index in [9.17, 15) is 24.3 Å². The van der Waals surface area contributed by atoms with Crippen LogP contribution in [0.3, 0.4) is 0 Å². The molecule has 1 fully saturated rings. The second-order valence-corrected chi connectivity index (χ2v) is 10.1. The van der Waals surface area contributed by atoms with Crippen molar-refractivity contribution in [2.75, 3.05) is 19.8 Å². The first-order valence-corrected chi connectivity index (χ1v) is 14.0. The number of esters is 3. The average molecular weight is 525 g/mol. The summed E-state index contributed by atoms with van der Waals surface area (Å²) in [6.07, 6.45) is 10.2. The molecule has 1 aliphatic carbocycles. The van der Waals surface area contributed by atoms with Gasteiger partial charge in [-0.1, -0.05) is 57.6 Å². The Morgan fingerprint density at radius 2 is 1.59 bits per heavy atom. The Morgan fingerprint density at radius 3 is 2.22 bits per heavy atom. The lowest BCUT2D eigenvalue weighted by Gasteiger charge is -2.31. The van der Waals surface area contributed by atoms with E-state index >= 15 is 0 Å². The van der Waals surface area contributed by atoms with Crippen LogP contribution in [0.1, 0.15) is 105 Å². The lowest BCUT2D eigenvalue weighted by molar-refractivity contribution is -0.163. The van der Waals surface area contributed by atoms with Crippen molar-refractivity contribution in [2.45, 2.75) is 111 Å². The summed E-state index contributed by atoms with van der Waals surface area (Å²) < 4.78 is 15.5. The maximum Gasteiger partial charge on any atom is 0.320 e. The molecule has 4 unspecified atom stereocenters. The molecule has 0 amide bonds. The molecule has 0 aromatic carbocycles. The first-order chi connectivity index (χ1) is 17.6. The number of unbranched alkanes of at least 4 members (excludes halogenated alkanes) is 5. The fourth-order valence-corrected chi connectivity index (χ4v) is 5.07. The Labute approximate surface area is 222 Å². The quantitative estimate of drug-likeness (QED) is 0.0866. The van der Waals surface area contributed by atoms with Gasteiger partial charge in [0.15, 0.2) is 5.78 Å². The number of ether oxygens (including phenoxy) is 3. The van der Waals surface area contributed by atoms with Crippen molar-refractivity contribution in [1.29, 1.82) is 0 Å². The molecule has 8 nitrogen and oxygen atoms in total. The third-order valence-electron chi connectivity index (χ3n) is 7.07. The second-order valence-electron chi connectivity index (χ2n) is 10.1. The second kappa shape index (κ2) is 16.6. The summed E-state index contributed by atoms with van der Waals surface area (Å²) in [6, 6.07) is 0. The van der Waals surface area contributed by atoms with Gasteiger partial charge < -0.3 is 19.3 Å². The van der Waals surface area contributed by atoms with Crippen LogP contribution < -0.4 is 0 Å².